The van der Waals surface area contributed by atoms with Crippen LogP contribution in [-0.2, 0) is 17.9 Å². The van der Waals surface area contributed by atoms with Gasteiger partial charge in [-0.1, -0.05) is 36.4 Å². The highest BCUT2D eigenvalue weighted by Gasteiger charge is 2.30. The standard InChI is InChI=1S/C27H34N4O2/c1-17-9-10-20(11-18(17)2)16-33-25-8-4-7-24(25)31-27(32)23-13-22(15-30-26(23)29)21-6-3-5-19(12-21)14-28/h3,5-6,9-13,15,24-25,27,31-32H,4,7-8,14,16,28H2,1-2H3,(H2,29,30)/t24-,25-,27?/m0/s1. The number of hydrogen-bond acceptors (Lipinski definition) is 6. The first-order valence-corrected chi connectivity index (χ1v) is 11.6. The van der Waals surface area contributed by atoms with Crippen LogP contribution in [0.2, 0.25) is 0 Å². The maximum atomic E-state index is 11.0. The van der Waals surface area contributed by atoms with Crippen LogP contribution in [0.4, 0.5) is 5.82 Å². The van der Waals surface area contributed by atoms with E-state index in [1.165, 1.54) is 16.7 Å². The van der Waals surface area contributed by atoms with Crippen LogP contribution in [0, 0.1) is 13.8 Å². The van der Waals surface area contributed by atoms with Crippen molar-refractivity contribution in [2.75, 3.05) is 5.73 Å². The van der Waals surface area contributed by atoms with E-state index in [0.717, 1.165) is 36.0 Å². The van der Waals surface area contributed by atoms with Crippen LogP contribution in [0.5, 0.6) is 0 Å². The Hall–Kier alpha value is -2.77. The van der Waals surface area contributed by atoms with E-state index in [-0.39, 0.29) is 12.1 Å². The molecule has 0 bridgehead atoms. The Bertz CT molecular complexity index is 1100. The first kappa shape index (κ1) is 23.4. The number of aliphatic hydroxyl groups is 1. The number of benzene rings is 2. The lowest BCUT2D eigenvalue weighted by atomic mass is 10.0. The van der Waals surface area contributed by atoms with Crippen LogP contribution in [-0.4, -0.2) is 22.2 Å². The minimum Gasteiger partial charge on any atom is -0.383 e. The van der Waals surface area contributed by atoms with Crippen LogP contribution in [0.15, 0.2) is 54.7 Å². The molecule has 0 saturated heterocycles. The van der Waals surface area contributed by atoms with Gasteiger partial charge in [0, 0.05) is 29.9 Å². The molecule has 0 spiro atoms. The van der Waals surface area contributed by atoms with Crippen molar-refractivity contribution in [1.82, 2.24) is 10.3 Å². The van der Waals surface area contributed by atoms with Gasteiger partial charge in [0.1, 0.15) is 12.0 Å². The van der Waals surface area contributed by atoms with Gasteiger partial charge in [0.2, 0.25) is 0 Å². The fourth-order valence-electron chi connectivity index (χ4n) is 4.45. The van der Waals surface area contributed by atoms with Gasteiger partial charge in [0.25, 0.3) is 0 Å². The molecule has 1 aromatic heterocycles. The second-order valence-electron chi connectivity index (χ2n) is 8.98. The van der Waals surface area contributed by atoms with Crippen LogP contribution in [0.3, 0.4) is 0 Å². The molecule has 0 radical (unpaired) electrons. The SMILES string of the molecule is Cc1ccc(CO[C@H]2CCC[C@@H]2NC(O)c2cc(-c3cccc(CN)c3)cnc2N)cc1C. The zero-order valence-electron chi connectivity index (χ0n) is 19.4. The van der Waals surface area contributed by atoms with Gasteiger partial charge in [0.15, 0.2) is 0 Å². The monoisotopic (exact) mass is 446 g/mol. The molecule has 2 aromatic carbocycles. The normalized spacial score (nSPS) is 19.0. The summed E-state index contributed by atoms with van der Waals surface area (Å²) in [6.07, 6.45) is 3.81. The van der Waals surface area contributed by atoms with Crippen molar-refractivity contribution in [3.63, 3.8) is 0 Å². The third-order valence-electron chi connectivity index (χ3n) is 6.60. The van der Waals surface area contributed by atoms with Gasteiger partial charge in [0.05, 0.1) is 12.7 Å². The van der Waals surface area contributed by atoms with Crippen LogP contribution in [0.25, 0.3) is 11.1 Å². The lowest BCUT2D eigenvalue weighted by molar-refractivity contribution is 0.00956. The number of rotatable bonds is 8. The molecule has 33 heavy (non-hydrogen) atoms. The average Bonchev–Trinajstić information content (AvgIpc) is 3.27. The predicted molar refractivity (Wildman–Crippen MR) is 132 cm³/mol. The summed E-state index contributed by atoms with van der Waals surface area (Å²) in [5.41, 5.74) is 19.1. The summed E-state index contributed by atoms with van der Waals surface area (Å²) in [5.74, 6) is 0.319. The molecule has 0 amide bonds. The van der Waals surface area contributed by atoms with Gasteiger partial charge < -0.3 is 21.3 Å². The van der Waals surface area contributed by atoms with E-state index in [2.05, 4.69) is 42.3 Å². The highest BCUT2D eigenvalue weighted by Crippen LogP contribution is 2.29. The number of aryl methyl sites for hydroxylation is 2. The number of pyridine rings is 1. The number of nitrogens with zero attached hydrogens (tertiary/aromatic N) is 1. The van der Waals surface area contributed by atoms with Crippen molar-refractivity contribution >= 4 is 5.82 Å². The number of aliphatic hydroxyl groups excluding tert-OH is 1. The Balaban J connectivity index is 1.44. The van der Waals surface area contributed by atoms with E-state index in [0.29, 0.717) is 24.5 Å². The summed E-state index contributed by atoms with van der Waals surface area (Å²) in [7, 11) is 0. The van der Waals surface area contributed by atoms with Gasteiger partial charge in [-0.25, -0.2) is 4.98 Å². The number of ether oxygens (including phenoxy) is 1. The molecule has 3 aromatic rings. The van der Waals surface area contributed by atoms with E-state index in [4.69, 9.17) is 16.2 Å². The summed E-state index contributed by atoms with van der Waals surface area (Å²) in [4.78, 5) is 4.33. The highest BCUT2D eigenvalue weighted by atomic mass is 16.5. The number of aromatic nitrogens is 1. The molecule has 6 N–H and O–H groups in total. The summed E-state index contributed by atoms with van der Waals surface area (Å²) < 4.78 is 6.25. The Morgan fingerprint density at radius 3 is 2.70 bits per heavy atom. The summed E-state index contributed by atoms with van der Waals surface area (Å²) in [6, 6.07) is 16.4. The molecular weight excluding hydrogens is 412 g/mol. The highest BCUT2D eigenvalue weighted by molar-refractivity contribution is 5.66. The lowest BCUT2D eigenvalue weighted by Gasteiger charge is -2.25. The van der Waals surface area contributed by atoms with E-state index in [1.54, 1.807) is 6.20 Å². The van der Waals surface area contributed by atoms with Gasteiger partial charge in [-0.05, 0) is 73.1 Å². The van der Waals surface area contributed by atoms with Gasteiger partial charge in [-0.2, -0.15) is 0 Å². The fourth-order valence-corrected chi connectivity index (χ4v) is 4.45. The second-order valence-corrected chi connectivity index (χ2v) is 8.98. The fraction of sp³-hybridized carbons (Fsp3) is 0.370. The molecule has 0 aliphatic heterocycles. The Labute approximate surface area is 196 Å². The summed E-state index contributed by atoms with van der Waals surface area (Å²) >= 11 is 0. The summed E-state index contributed by atoms with van der Waals surface area (Å²) in [5, 5.41) is 14.3. The molecule has 1 aliphatic carbocycles. The van der Waals surface area contributed by atoms with E-state index >= 15 is 0 Å². The van der Waals surface area contributed by atoms with Crippen LogP contribution in [0.1, 0.15) is 53.3 Å². The van der Waals surface area contributed by atoms with Crippen molar-refractivity contribution in [3.05, 3.63) is 82.5 Å². The molecule has 1 heterocycles. The third-order valence-corrected chi connectivity index (χ3v) is 6.60. The number of nitrogen functional groups attached to an aromatic ring is 1. The quantitative estimate of drug-likeness (QED) is 0.388. The molecule has 1 unspecified atom stereocenters. The van der Waals surface area contributed by atoms with Crippen molar-refractivity contribution in [2.24, 2.45) is 5.73 Å². The van der Waals surface area contributed by atoms with Crippen molar-refractivity contribution in [3.8, 4) is 11.1 Å². The molecule has 1 aliphatic rings. The van der Waals surface area contributed by atoms with Crippen molar-refractivity contribution in [1.29, 1.82) is 0 Å². The molecule has 6 nitrogen and oxygen atoms in total. The molecule has 6 heteroatoms. The zero-order chi connectivity index (χ0) is 23.4. The van der Waals surface area contributed by atoms with Gasteiger partial charge >= 0.3 is 0 Å². The molecular formula is C27H34N4O2. The Morgan fingerprint density at radius 1 is 1.06 bits per heavy atom. The van der Waals surface area contributed by atoms with Crippen molar-refractivity contribution < 1.29 is 9.84 Å². The third kappa shape index (κ3) is 5.60. The minimum absolute atomic E-state index is 0.0415. The molecule has 4 rings (SSSR count). The number of anilines is 1. The molecule has 1 saturated carbocycles. The zero-order valence-corrected chi connectivity index (χ0v) is 19.4. The Kier molecular flexibility index (Phi) is 7.40. The predicted octanol–water partition coefficient (Wildman–Crippen LogP) is 4.12. The van der Waals surface area contributed by atoms with Crippen LogP contribution < -0.4 is 16.8 Å². The van der Waals surface area contributed by atoms with E-state index in [9.17, 15) is 5.11 Å². The van der Waals surface area contributed by atoms with E-state index < -0.39 is 6.23 Å². The number of nitrogens with two attached hydrogens (primary N) is 2. The maximum Gasteiger partial charge on any atom is 0.134 e. The van der Waals surface area contributed by atoms with Crippen LogP contribution >= 0.6 is 0 Å². The summed E-state index contributed by atoms with van der Waals surface area (Å²) in [6.45, 7) is 5.27. The topological polar surface area (TPSA) is 106 Å². The second kappa shape index (κ2) is 10.4. The molecule has 3 atom stereocenters. The van der Waals surface area contributed by atoms with Crippen molar-refractivity contribution in [2.45, 2.75) is 64.6 Å². The smallest absolute Gasteiger partial charge is 0.134 e. The minimum atomic E-state index is -0.925. The first-order valence-electron chi connectivity index (χ1n) is 11.6. The lowest BCUT2D eigenvalue weighted by Crippen LogP contribution is -2.39. The molecule has 1 fully saturated rings. The Morgan fingerprint density at radius 2 is 1.91 bits per heavy atom. The number of hydrogen-bond donors (Lipinski definition) is 4. The maximum absolute atomic E-state index is 11.0. The van der Waals surface area contributed by atoms with Gasteiger partial charge in [-0.15, -0.1) is 0 Å². The first-order chi connectivity index (χ1) is 15.9. The van der Waals surface area contributed by atoms with Gasteiger partial charge in [-0.3, -0.25) is 5.32 Å². The average molecular weight is 447 g/mol. The van der Waals surface area contributed by atoms with E-state index in [1.807, 2.05) is 30.3 Å². The number of nitrogens with one attached hydrogen (secondary N) is 1. The largest absolute Gasteiger partial charge is 0.383 e. The molecule has 174 valence electrons.